The Morgan fingerprint density at radius 1 is 1.32 bits per heavy atom. The lowest BCUT2D eigenvalue weighted by Crippen LogP contribution is -2.33. The number of carbonyl (C=O) groups excluding carboxylic acids is 1. The molecule has 4 heterocycles. The highest BCUT2D eigenvalue weighted by Crippen LogP contribution is 2.43. The van der Waals surface area contributed by atoms with Crippen molar-refractivity contribution in [3.05, 3.63) is 12.7 Å². The Balaban J connectivity index is 1.68. The molecule has 4 rings (SSSR count). The molecule has 4 atom stereocenters. The van der Waals surface area contributed by atoms with Crippen molar-refractivity contribution >= 4 is 23.0 Å². The third kappa shape index (κ3) is 2.71. The maximum absolute atomic E-state index is 11.1. The topological polar surface area (TPSA) is 124 Å². The van der Waals surface area contributed by atoms with Gasteiger partial charge in [0.25, 0.3) is 0 Å². The van der Waals surface area contributed by atoms with Crippen molar-refractivity contribution in [2.24, 2.45) is 0 Å². The summed E-state index contributed by atoms with van der Waals surface area (Å²) < 4.78 is 24.9. The molecule has 0 saturated carbocycles. The van der Waals surface area contributed by atoms with Crippen molar-refractivity contribution in [2.45, 2.75) is 51.1 Å². The van der Waals surface area contributed by atoms with Crippen LogP contribution in [-0.2, 0) is 23.7 Å². The van der Waals surface area contributed by atoms with E-state index in [0.717, 1.165) is 0 Å². The number of rotatable bonds is 3. The summed E-state index contributed by atoms with van der Waals surface area (Å²) in [5.74, 6) is -0.856. The fraction of sp³-hybridized carbons (Fsp3) is 0.600. The molecule has 0 unspecified atom stereocenters. The third-order valence-electron chi connectivity index (χ3n) is 4.24. The van der Waals surface area contributed by atoms with Gasteiger partial charge in [-0.3, -0.25) is 9.36 Å². The van der Waals surface area contributed by atoms with Gasteiger partial charge < -0.3 is 24.7 Å². The number of carbonyl (C=O) groups is 1. The van der Waals surface area contributed by atoms with Crippen LogP contribution in [0, 0.1) is 0 Å². The van der Waals surface area contributed by atoms with Crippen LogP contribution in [0.15, 0.2) is 12.7 Å². The lowest BCUT2D eigenvalue weighted by molar-refractivity contribution is -0.201. The molecule has 2 aliphatic heterocycles. The maximum atomic E-state index is 11.1. The first-order valence-electron chi connectivity index (χ1n) is 7.93. The molecule has 2 fully saturated rings. The number of nitrogens with two attached hydrogens (primary N) is 1. The first-order valence-corrected chi connectivity index (χ1v) is 7.93. The maximum Gasteiger partial charge on any atom is 0.302 e. The minimum absolute atomic E-state index is 0.0796. The number of esters is 1. The number of anilines is 1. The van der Waals surface area contributed by atoms with Gasteiger partial charge in [-0.25, -0.2) is 15.0 Å². The van der Waals surface area contributed by atoms with Gasteiger partial charge in [-0.05, 0) is 13.8 Å². The van der Waals surface area contributed by atoms with E-state index in [1.165, 1.54) is 13.3 Å². The highest BCUT2D eigenvalue weighted by atomic mass is 16.8. The standard InChI is InChI=1S/C15H19N5O5/c1-7(21)22-4-8-10-11(25-15(2,3)24-10)14(23-8)20-6-19-9-12(16)17-5-18-13(9)20/h5-6,8,10-11,14H,4H2,1-3H3,(H2,16,17,18)/t8-,10+,11+,14-/m1/s1. The largest absolute Gasteiger partial charge is 0.463 e. The molecule has 2 N–H and O–H groups in total. The van der Waals surface area contributed by atoms with E-state index in [2.05, 4.69) is 15.0 Å². The summed E-state index contributed by atoms with van der Waals surface area (Å²) in [5.41, 5.74) is 6.87. The van der Waals surface area contributed by atoms with Crippen molar-refractivity contribution in [2.75, 3.05) is 12.3 Å². The Kier molecular flexibility index (Phi) is 3.63. The van der Waals surface area contributed by atoms with E-state index in [1.807, 2.05) is 13.8 Å². The number of nitrogen functional groups attached to an aromatic ring is 1. The summed E-state index contributed by atoms with van der Waals surface area (Å²) in [6.07, 6.45) is 1.18. The van der Waals surface area contributed by atoms with E-state index in [9.17, 15) is 4.79 Å². The number of imidazole rings is 1. The molecule has 0 spiro atoms. The molecule has 2 aliphatic rings. The van der Waals surface area contributed by atoms with Crippen LogP contribution in [0.3, 0.4) is 0 Å². The Morgan fingerprint density at radius 3 is 2.84 bits per heavy atom. The van der Waals surface area contributed by atoms with Crippen LogP contribution in [0.5, 0.6) is 0 Å². The monoisotopic (exact) mass is 349 g/mol. The van der Waals surface area contributed by atoms with Gasteiger partial charge in [0.1, 0.15) is 36.8 Å². The second-order valence-corrected chi connectivity index (χ2v) is 6.52. The number of hydrogen-bond donors (Lipinski definition) is 1. The van der Waals surface area contributed by atoms with Gasteiger partial charge in [0.2, 0.25) is 0 Å². The smallest absolute Gasteiger partial charge is 0.302 e. The van der Waals surface area contributed by atoms with Gasteiger partial charge in [0.05, 0.1) is 6.33 Å². The third-order valence-corrected chi connectivity index (χ3v) is 4.24. The van der Waals surface area contributed by atoms with Crippen molar-refractivity contribution in [3.63, 3.8) is 0 Å². The molecule has 0 aliphatic carbocycles. The van der Waals surface area contributed by atoms with Crippen LogP contribution in [0.2, 0.25) is 0 Å². The molecule has 10 heteroatoms. The molecule has 2 saturated heterocycles. The zero-order chi connectivity index (χ0) is 17.8. The van der Waals surface area contributed by atoms with Crippen LogP contribution < -0.4 is 5.73 Å². The molecule has 0 radical (unpaired) electrons. The summed E-state index contributed by atoms with van der Waals surface area (Å²) in [6, 6.07) is 0. The second-order valence-electron chi connectivity index (χ2n) is 6.52. The molecule has 0 amide bonds. The van der Waals surface area contributed by atoms with Crippen molar-refractivity contribution in [1.29, 1.82) is 0 Å². The fourth-order valence-corrected chi connectivity index (χ4v) is 3.27. The highest BCUT2D eigenvalue weighted by molar-refractivity contribution is 5.81. The Morgan fingerprint density at radius 2 is 2.08 bits per heavy atom. The van der Waals surface area contributed by atoms with Crippen LogP contribution in [-0.4, -0.2) is 56.2 Å². The number of ether oxygens (including phenoxy) is 4. The van der Waals surface area contributed by atoms with Gasteiger partial charge >= 0.3 is 5.97 Å². The summed E-state index contributed by atoms with van der Waals surface area (Å²) in [6.45, 7) is 5.09. The number of fused-ring (bicyclic) bond motifs is 2. The van der Waals surface area contributed by atoms with Crippen molar-refractivity contribution in [1.82, 2.24) is 19.5 Å². The van der Waals surface area contributed by atoms with Crippen LogP contribution in [0.4, 0.5) is 5.82 Å². The van der Waals surface area contributed by atoms with Gasteiger partial charge in [-0.1, -0.05) is 0 Å². The lowest BCUT2D eigenvalue weighted by atomic mass is 10.1. The van der Waals surface area contributed by atoms with Crippen molar-refractivity contribution in [3.8, 4) is 0 Å². The molecule has 10 nitrogen and oxygen atoms in total. The number of hydrogen-bond acceptors (Lipinski definition) is 9. The fourth-order valence-electron chi connectivity index (χ4n) is 3.27. The molecule has 2 aromatic rings. The summed E-state index contributed by atoms with van der Waals surface area (Å²) in [5, 5.41) is 0. The van der Waals surface area contributed by atoms with E-state index >= 15 is 0 Å². The van der Waals surface area contributed by atoms with E-state index in [4.69, 9.17) is 24.7 Å². The Hall–Kier alpha value is -2.30. The molecule has 25 heavy (non-hydrogen) atoms. The summed E-state index contributed by atoms with van der Waals surface area (Å²) >= 11 is 0. The minimum Gasteiger partial charge on any atom is -0.463 e. The highest BCUT2D eigenvalue weighted by Gasteiger charge is 2.56. The predicted molar refractivity (Wildman–Crippen MR) is 84.1 cm³/mol. The van der Waals surface area contributed by atoms with E-state index in [-0.39, 0.29) is 18.7 Å². The Labute approximate surface area is 143 Å². The molecular weight excluding hydrogens is 330 g/mol. The van der Waals surface area contributed by atoms with E-state index in [0.29, 0.717) is 17.0 Å². The lowest BCUT2D eigenvalue weighted by Gasteiger charge is -2.24. The van der Waals surface area contributed by atoms with Gasteiger partial charge in [-0.15, -0.1) is 0 Å². The molecule has 2 aromatic heterocycles. The zero-order valence-corrected chi connectivity index (χ0v) is 14.1. The molecule has 0 bridgehead atoms. The summed E-state index contributed by atoms with van der Waals surface area (Å²) in [4.78, 5) is 23.6. The average Bonchev–Trinajstić information content (AvgIpc) is 3.17. The summed E-state index contributed by atoms with van der Waals surface area (Å²) in [7, 11) is 0. The Bertz CT molecular complexity index is 822. The van der Waals surface area contributed by atoms with Gasteiger partial charge in [-0.2, -0.15) is 0 Å². The minimum atomic E-state index is -0.768. The first-order chi connectivity index (χ1) is 11.9. The van der Waals surface area contributed by atoms with Crippen LogP contribution in [0.1, 0.15) is 27.0 Å². The van der Waals surface area contributed by atoms with Crippen LogP contribution in [0.25, 0.3) is 11.2 Å². The van der Waals surface area contributed by atoms with Crippen molar-refractivity contribution < 1.29 is 23.7 Å². The zero-order valence-electron chi connectivity index (χ0n) is 14.1. The molecule has 134 valence electrons. The number of aromatic nitrogens is 4. The normalized spacial score (nSPS) is 30.5. The van der Waals surface area contributed by atoms with Gasteiger partial charge in [0, 0.05) is 6.92 Å². The first kappa shape index (κ1) is 16.2. The average molecular weight is 349 g/mol. The van der Waals surface area contributed by atoms with E-state index < -0.39 is 24.2 Å². The second kappa shape index (κ2) is 5.61. The predicted octanol–water partition coefficient (Wildman–Crippen LogP) is 0.389. The molecular formula is C15H19N5O5. The SMILES string of the molecule is CC(=O)OC[C@H]1O[C@@H](n2cnc3c(N)ncnc32)[C@H]2OC(C)(C)O[C@H]21. The van der Waals surface area contributed by atoms with E-state index in [1.54, 1.807) is 10.9 Å². The van der Waals surface area contributed by atoms with Gasteiger partial charge in [0.15, 0.2) is 23.5 Å². The molecule has 0 aromatic carbocycles. The quantitative estimate of drug-likeness (QED) is 0.783. The van der Waals surface area contributed by atoms with Crippen LogP contribution >= 0.6 is 0 Å². The number of nitrogens with zero attached hydrogens (tertiary/aromatic N) is 4.